The lowest BCUT2D eigenvalue weighted by molar-refractivity contribution is 0.273. The van der Waals surface area contributed by atoms with Crippen LogP contribution in [0.2, 0.25) is 0 Å². The molecule has 2 heterocycles. The summed E-state index contributed by atoms with van der Waals surface area (Å²) >= 11 is 0. The summed E-state index contributed by atoms with van der Waals surface area (Å²) in [4.78, 5) is 4.32. The summed E-state index contributed by atoms with van der Waals surface area (Å²) in [7, 11) is 0. The van der Waals surface area contributed by atoms with Gasteiger partial charge in [-0.3, -0.25) is 4.98 Å². The number of rotatable bonds is 2. The number of hydrazine groups is 1. The van der Waals surface area contributed by atoms with Crippen molar-refractivity contribution in [1.82, 2.24) is 9.99 Å². The summed E-state index contributed by atoms with van der Waals surface area (Å²) in [6.07, 6.45) is 5.35. The van der Waals surface area contributed by atoms with Gasteiger partial charge in [-0.15, -0.1) is 0 Å². The molecule has 19 heavy (non-hydrogen) atoms. The topological polar surface area (TPSA) is 52.0 Å². The first-order valence-corrected chi connectivity index (χ1v) is 6.68. The number of benzene rings is 1. The van der Waals surface area contributed by atoms with E-state index >= 15 is 0 Å². The van der Waals surface area contributed by atoms with Gasteiger partial charge in [0, 0.05) is 24.7 Å². The van der Waals surface area contributed by atoms with Crippen molar-refractivity contribution < 1.29 is 0 Å². The van der Waals surface area contributed by atoms with E-state index in [1.807, 2.05) is 24.3 Å². The van der Waals surface area contributed by atoms with Crippen LogP contribution >= 0.6 is 0 Å². The number of nitrogens with one attached hydrogen (secondary N) is 1. The van der Waals surface area contributed by atoms with E-state index in [2.05, 4.69) is 21.5 Å². The zero-order chi connectivity index (χ0) is 13.1. The van der Waals surface area contributed by atoms with Gasteiger partial charge in [0.1, 0.15) is 6.07 Å². The number of nitrogens with zero attached hydrogens (tertiary/aromatic N) is 3. The molecule has 96 valence electrons. The molecule has 1 N–H and O–H groups in total. The van der Waals surface area contributed by atoms with Gasteiger partial charge in [-0.2, -0.15) is 5.26 Å². The summed E-state index contributed by atoms with van der Waals surface area (Å²) in [5.41, 5.74) is 5.82. The molecule has 0 unspecified atom stereocenters. The number of piperidine rings is 1. The summed E-state index contributed by atoms with van der Waals surface area (Å²) in [5, 5.41) is 12.5. The molecule has 1 saturated heterocycles. The molecule has 0 atom stereocenters. The quantitative estimate of drug-likeness (QED) is 0.892. The molecular formula is C15H16N4. The van der Waals surface area contributed by atoms with Crippen LogP contribution in [0.4, 0.5) is 5.69 Å². The minimum atomic E-state index is 0.601. The van der Waals surface area contributed by atoms with E-state index in [1.165, 1.54) is 19.3 Å². The SMILES string of the molecule is N#Cc1cnc2ccccc2c1NN1CCCCC1. The van der Waals surface area contributed by atoms with Crippen LogP contribution in [0.5, 0.6) is 0 Å². The van der Waals surface area contributed by atoms with Crippen molar-refractivity contribution in [1.29, 1.82) is 5.26 Å². The second-order valence-corrected chi connectivity index (χ2v) is 4.84. The van der Waals surface area contributed by atoms with E-state index in [0.29, 0.717) is 5.56 Å². The maximum Gasteiger partial charge on any atom is 0.103 e. The predicted molar refractivity (Wildman–Crippen MR) is 75.5 cm³/mol. The van der Waals surface area contributed by atoms with Gasteiger partial charge in [0.25, 0.3) is 0 Å². The fraction of sp³-hybridized carbons (Fsp3) is 0.333. The largest absolute Gasteiger partial charge is 0.317 e. The van der Waals surface area contributed by atoms with Crippen LogP contribution in [-0.2, 0) is 0 Å². The average molecular weight is 252 g/mol. The highest BCUT2D eigenvalue weighted by atomic mass is 15.5. The predicted octanol–water partition coefficient (Wildman–Crippen LogP) is 2.92. The van der Waals surface area contributed by atoms with Crippen molar-refractivity contribution >= 4 is 16.6 Å². The van der Waals surface area contributed by atoms with E-state index in [0.717, 1.165) is 29.7 Å². The summed E-state index contributed by atoms with van der Waals surface area (Å²) < 4.78 is 0. The number of hydrogen-bond acceptors (Lipinski definition) is 4. The first-order chi connectivity index (χ1) is 9.38. The molecule has 0 radical (unpaired) electrons. The third-order valence-electron chi connectivity index (χ3n) is 3.52. The Hall–Kier alpha value is -2.12. The standard InChI is InChI=1S/C15H16N4/c16-10-12-11-17-14-7-3-2-6-13(14)15(12)18-19-8-4-1-5-9-19/h2-3,6-7,11H,1,4-5,8-9H2,(H,17,18). The lowest BCUT2D eigenvalue weighted by Crippen LogP contribution is -2.35. The monoisotopic (exact) mass is 252 g/mol. The van der Waals surface area contributed by atoms with Crippen LogP contribution in [0.25, 0.3) is 10.9 Å². The van der Waals surface area contributed by atoms with E-state index in [4.69, 9.17) is 0 Å². The van der Waals surface area contributed by atoms with Crippen LogP contribution in [0.15, 0.2) is 30.5 Å². The first-order valence-electron chi connectivity index (χ1n) is 6.68. The minimum absolute atomic E-state index is 0.601. The Kier molecular flexibility index (Phi) is 3.30. The number of nitriles is 1. The van der Waals surface area contributed by atoms with Gasteiger partial charge in [-0.1, -0.05) is 24.6 Å². The Labute approximate surface area is 112 Å². The van der Waals surface area contributed by atoms with Crippen LogP contribution in [-0.4, -0.2) is 23.1 Å². The second kappa shape index (κ2) is 5.25. The van der Waals surface area contributed by atoms with Crippen molar-refractivity contribution in [3.05, 3.63) is 36.0 Å². The highest BCUT2D eigenvalue weighted by Gasteiger charge is 2.14. The molecule has 4 nitrogen and oxygen atoms in total. The van der Waals surface area contributed by atoms with E-state index in [-0.39, 0.29) is 0 Å². The fourth-order valence-electron chi connectivity index (χ4n) is 2.51. The average Bonchev–Trinajstić information content (AvgIpc) is 2.49. The minimum Gasteiger partial charge on any atom is -0.317 e. The molecule has 1 aromatic heterocycles. The zero-order valence-electron chi connectivity index (χ0n) is 10.8. The van der Waals surface area contributed by atoms with Crippen molar-refractivity contribution in [2.24, 2.45) is 0 Å². The third-order valence-corrected chi connectivity index (χ3v) is 3.52. The molecule has 1 fully saturated rings. The van der Waals surface area contributed by atoms with E-state index in [9.17, 15) is 5.26 Å². The molecule has 1 aromatic carbocycles. The van der Waals surface area contributed by atoms with Crippen LogP contribution < -0.4 is 5.43 Å². The van der Waals surface area contributed by atoms with Crippen molar-refractivity contribution in [2.75, 3.05) is 18.5 Å². The van der Waals surface area contributed by atoms with Crippen LogP contribution in [0, 0.1) is 11.3 Å². The Bertz CT molecular complexity index is 624. The Morgan fingerprint density at radius 1 is 1.16 bits per heavy atom. The lowest BCUT2D eigenvalue weighted by atomic mass is 10.1. The Morgan fingerprint density at radius 2 is 1.95 bits per heavy atom. The first kappa shape index (κ1) is 11.9. The van der Waals surface area contributed by atoms with Gasteiger partial charge in [0.2, 0.25) is 0 Å². The van der Waals surface area contributed by atoms with Gasteiger partial charge in [0.05, 0.1) is 16.8 Å². The number of pyridine rings is 1. The number of anilines is 1. The van der Waals surface area contributed by atoms with Crippen molar-refractivity contribution in [2.45, 2.75) is 19.3 Å². The zero-order valence-corrected chi connectivity index (χ0v) is 10.8. The highest BCUT2D eigenvalue weighted by Crippen LogP contribution is 2.26. The van der Waals surface area contributed by atoms with Gasteiger partial charge in [-0.05, 0) is 18.9 Å². The van der Waals surface area contributed by atoms with Gasteiger partial charge in [-0.25, -0.2) is 5.01 Å². The van der Waals surface area contributed by atoms with E-state index < -0.39 is 0 Å². The van der Waals surface area contributed by atoms with Gasteiger partial charge in [0.15, 0.2) is 0 Å². The normalized spacial score (nSPS) is 16.2. The molecule has 0 spiro atoms. The second-order valence-electron chi connectivity index (χ2n) is 4.84. The van der Waals surface area contributed by atoms with Gasteiger partial charge < -0.3 is 5.43 Å². The smallest absolute Gasteiger partial charge is 0.103 e. The van der Waals surface area contributed by atoms with Crippen LogP contribution in [0.3, 0.4) is 0 Å². The third kappa shape index (κ3) is 2.38. The molecule has 0 aliphatic carbocycles. The lowest BCUT2D eigenvalue weighted by Gasteiger charge is -2.28. The molecule has 1 aliphatic rings. The molecule has 4 heteroatoms. The van der Waals surface area contributed by atoms with E-state index in [1.54, 1.807) is 6.20 Å². The molecule has 1 aliphatic heterocycles. The highest BCUT2D eigenvalue weighted by molar-refractivity contribution is 5.93. The molecule has 3 rings (SSSR count). The summed E-state index contributed by atoms with van der Waals surface area (Å²) in [5.74, 6) is 0. The molecule has 0 saturated carbocycles. The van der Waals surface area contributed by atoms with Crippen molar-refractivity contribution in [3.63, 3.8) is 0 Å². The van der Waals surface area contributed by atoms with Crippen LogP contribution in [0.1, 0.15) is 24.8 Å². The molecular weight excluding hydrogens is 236 g/mol. The number of para-hydroxylation sites is 1. The Balaban J connectivity index is 2.02. The molecule has 0 amide bonds. The summed E-state index contributed by atoms with van der Waals surface area (Å²) in [6, 6.07) is 10.1. The number of hydrogen-bond donors (Lipinski definition) is 1. The number of aromatic nitrogens is 1. The summed E-state index contributed by atoms with van der Waals surface area (Å²) in [6.45, 7) is 2.06. The molecule has 2 aromatic rings. The van der Waals surface area contributed by atoms with Gasteiger partial charge >= 0.3 is 0 Å². The number of fused-ring (bicyclic) bond motifs is 1. The van der Waals surface area contributed by atoms with Crippen molar-refractivity contribution in [3.8, 4) is 6.07 Å². The Morgan fingerprint density at radius 3 is 2.74 bits per heavy atom. The molecule has 0 bridgehead atoms. The fourth-order valence-corrected chi connectivity index (χ4v) is 2.51. The maximum absolute atomic E-state index is 9.26. The maximum atomic E-state index is 9.26.